The Morgan fingerprint density at radius 1 is 1.29 bits per heavy atom. The number of anilines is 1. The smallest absolute Gasteiger partial charge is 0.319 e. The number of ether oxygens (including phenoxy) is 1. The molecule has 0 aliphatic carbocycles. The van der Waals surface area contributed by atoms with Gasteiger partial charge in [-0.15, -0.1) is 11.3 Å². The molecule has 2 heterocycles. The molecule has 2 amide bonds. The zero-order valence-electron chi connectivity index (χ0n) is 11.7. The fourth-order valence-corrected chi connectivity index (χ4v) is 3.18. The van der Waals surface area contributed by atoms with Crippen molar-refractivity contribution in [3.8, 4) is 10.4 Å². The molecule has 0 radical (unpaired) electrons. The summed E-state index contributed by atoms with van der Waals surface area (Å²) in [4.78, 5) is 13.2. The lowest BCUT2D eigenvalue weighted by atomic mass is 10.1. The van der Waals surface area contributed by atoms with Crippen LogP contribution < -0.4 is 10.6 Å². The van der Waals surface area contributed by atoms with Crippen molar-refractivity contribution >= 4 is 23.1 Å². The maximum atomic E-state index is 12.0. The van der Waals surface area contributed by atoms with Gasteiger partial charge in [0.25, 0.3) is 0 Å². The van der Waals surface area contributed by atoms with Crippen LogP contribution in [0.5, 0.6) is 0 Å². The molecule has 2 N–H and O–H groups in total. The first-order valence-corrected chi connectivity index (χ1v) is 8.00. The predicted molar refractivity (Wildman–Crippen MR) is 85.8 cm³/mol. The summed E-state index contributed by atoms with van der Waals surface area (Å²) < 4.78 is 5.50. The molecule has 1 aromatic heterocycles. The largest absolute Gasteiger partial charge is 0.376 e. The van der Waals surface area contributed by atoms with Gasteiger partial charge >= 0.3 is 6.03 Å². The normalized spacial score (nSPS) is 17.6. The summed E-state index contributed by atoms with van der Waals surface area (Å²) in [6.07, 6.45) is 2.25. The molecule has 0 spiro atoms. The highest BCUT2D eigenvalue weighted by molar-refractivity contribution is 7.13. The zero-order chi connectivity index (χ0) is 14.5. The summed E-state index contributed by atoms with van der Waals surface area (Å²) in [6.45, 7) is 1.36. The molecular formula is C16H18N2O2S. The minimum Gasteiger partial charge on any atom is -0.376 e. The third kappa shape index (κ3) is 3.62. The van der Waals surface area contributed by atoms with Crippen molar-refractivity contribution in [1.29, 1.82) is 0 Å². The van der Waals surface area contributed by atoms with Crippen molar-refractivity contribution in [3.05, 3.63) is 41.8 Å². The number of urea groups is 1. The number of rotatable bonds is 4. The Bertz CT molecular complexity index is 592. The number of thiophene rings is 1. The number of hydrogen-bond acceptors (Lipinski definition) is 3. The van der Waals surface area contributed by atoms with E-state index in [1.165, 1.54) is 0 Å². The van der Waals surface area contributed by atoms with Crippen LogP contribution in [0.25, 0.3) is 10.4 Å². The lowest BCUT2D eigenvalue weighted by Gasteiger charge is -2.13. The Kier molecular flexibility index (Phi) is 4.52. The maximum absolute atomic E-state index is 12.0. The monoisotopic (exact) mass is 302 g/mol. The second-order valence-electron chi connectivity index (χ2n) is 4.99. The van der Waals surface area contributed by atoms with Gasteiger partial charge in [-0.25, -0.2) is 4.79 Å². The minimum atomic E-state index is -0.186. The molecule has 5 heteroatoms. The molecule has 2 aromatic rings. The van der Waals surface area contributed by atoms with Gasteiger partial charge in [0.15, 0.2) is 0 Å². The summed E-state index contributed by atoms with van der Waals surface area (Å²) >= 11 is 1.66. The molecule has 1 aliphatic heterocycles. The summed E-state index contributed by atoms with van der Waals surface area (Å²) in [6, 6.07) is 11.7. The SMILES string of the molecule is O=C(NCC1CCCO1)Nc1ccccc1-c1cccs1. The Balaban J connectivity index is 1.63. The van der Waals surface area contributed by atoms with E-state index in [-0.39, 0.29) is 12.1 Å². The second-order valence-corrected chi connectivity index (χ2v) is 5.94. The molecular weight excluding hydrogens is 284 g/mol. The first-order chi connectivity index (χ1) is 10.3. The molecule has 21 heavy (non-hydrogen) atoms. The van der Waals surface area contributed by atoms with Crippen molar-refractivity contribution in [2.75, 3.05) is 18.5 Å². The van der Waals surface area contributed by atoms with E-state index < -0.39 is 0 Å². The highest BCUT2D eigenvalue weighted by Gasteiger charge is 2.16. The Morgan fingerprint density at radius 2 is 2.19 bits per heavy atom. The highest BCUT2D eigenvalue weighted by atomic mass is 32.1. The van der Waals surface area contributed by atoms with Crippen molar-refractivity contribution < 1.29 is 9.53 Å². The van der Waals surface area contributed by atoms with E-state index in [1.54, 1.807) is 11.3 Å². The fourth-order valence-electron chi connectivity index (χ4n) is 2.42. The average molecular weight is 302 g/mol. The van der Waals surface area contributed by atoms with Crippen molar-refractivity contribution in [1.82, 2.24) is 5.32 Å². The Hall–Kier alpha value is -1.85. The van der Waals surface area contributed by atoms with E-state index in [1.807, 2.05) is 35.7 Å². The van der Waals surface area contributed by atoms with E-state index in [2.05, 4.69) is 16.7 Å². The summed E-state index contributed by atoms with van der Waals surface area (Å²) in [5.41, 5.74) is 1.87. The highest BCUT2D eigenvalue weighted by Crippen LogP contribution is 2.31. The van der Waals surface area contributed by atoms with E-state index in [9.17, 15) is 4.79 Å². The van der Waals surface area contributed by atoms with Crippen molar-refractivity contribution in [2.24, 2.45) is 0 Å². The first kappa shape index (κ1) is 14.1. The molecule has 1 aliphatic rings. The zero-order valence-corrected chi connectivity index (χ0v) is 12.5. The lowest BCUT2D eigenvalue weighted by molar-refractivity contribution is 0.112. The molecule has 1 unspecified atom stereocenters. The third-order valence-electron chi connectivity index (χ3n) is 3.48. The van der Waals surface area contributed by atoms with Gasteiger partial charge in [-0.1, -0.05) is 24.3 Å². The predicted octanol–water partition coefficient (Wildman–Crippen LogP) is 3.72. The van der Waals surface area contributed by atoms with Crippen molar-refractivity contribution in [2.45, 2.75) is 18.9 Å². The molecule has 0 bridgehead atoms. The van der Waals surface area contributed by atoms with E-state index in [0.29, 0.717) is 6.54 Å². The van der Waals surface area contributed by atoms with Crippen LogP contribution in [-0.4, -0.2) is 25.3 Å². The number of benzene rings is 1. The van der Waals surface area contributed by atoms with Crippen LogP contribution >= 0.6 is 11.3 Å². The molecule has 3 rings (SSSR count). The molecule has 110 valence electrons. The molecule has 0 saturated carbocycles. The summed E-state index contributed by atoms with van der Waals surface area (Å²) in [7, 11) is 0. The molecule has 4 nitrogen and oxygen atoms in total. The quantitative estimate of drug-likeness (QED) is 0.904. The summed E-state index contributed by atoms with van der Waals surface area (Å²) in [5, 5.41) is 7.83. The van der Waals surface area contributed by atoms with E-state index in [0.717, 1.165) is 35.6 Å². The second kappa shape index (κ2) is 6.74. The van der Waals surface area contributed by atoms with Gasteiger partial charge in [0, 0.05) is 23.6 Å². The van der Waals surface area contributed by atoms with E-state index >= 15 is 0 Å². The fraction of sp³-hybridized carbons (Fsp3) is 0.312. The topological polar surface area (TPSA) is 50.4 Å². The van der Waals surface area contributed by atoms with Gasteiger partial charge in [0.05, 0.1) is 11.8 Å². The van der Waals surface area contributed by atoms with Crippen LogP contribution in [0.2, 0.25) is 0 Å². The maximum Gasteiger partial charge on any atom is 0.319 e. The first-order valence-electron chi connectivity index (χ1n) is 7.12. The number of para-hydroxylation sites is 1. The van der Waals surface area contributed by atoms with Crippen LogP contribution in [0.1, 0.15) is 12.8 Å². The van der Waals surface area contributed by atoms with Gasteiger partial charge in [0.2, 0.25) is 0 Å². The molecule has 1 saturated heterocycles. The van der Waals surface area contributed by atoms with Gasteiger partial charge in [-0.3, -0.25) is 0 Å². The van der Waals surface area contributed by atoms with Gasteiger partial charge in [-0.05, 0) is 30.4 Å². The van der Waals surface area contributed by atoms with E-state index in [4.69, 9.17) is 4.74 Å². The van der Waals surface area contributed by atoms with Crippen molar-refractivity contribution in [3.63, 3.8) is 0 Å². The van der Waals surface area contributed by atoms with Crippen LogP contribution in [-0.2, 0) is 4.74 Å². The number of carbonyl (C=O) groups excluding carboxylic acids is 1. The van der Waals surface area contributed by atoms with Gasteiger partial charge < -0.3 is 15.4 Å². The van der Waals surface area contributed by atoms with Crippen LogP contribution in [0, 0.1) is 0 Å². The van der Waals surface area contributed by atoms with Crippen LogP contribution in [0.3, 0.4) is 0 Å². The molecule has 1 fully saturated rings. The van der Waals surface area contributed by atoms with Crippen LogP contribution in [0.4, 0.5) is 10.5 Å². The minimum absolute atomic E-state index is 0.156. The number of nitrogens with one attached hydrogen (secondary N) is 2. The van der Waals surface area contributed by atoms with Gasteiger partial charge in [-0.2, -0.15) is 0 Å². The molecule has 1 atom stereocenters. The standard InChI is InChI=1S/C16H18N2O2S/c19-16(17-11-12-5-3-9-20-12)18-14-7-2-1-6-13(14)15-8-4-10-21-15/h1-2,4,6-8,10,12H,3,5,9,11H2,(H2,17,18,19). The Labute approximate surface area is 128 Å². The molecule has 1 aromatic carbocycles. The number of hydrogen-bond donors (Lipinski definition) is 2. The lowest BCUT2D eigenvalue weighted by Crippen LogP contribution is -2.35. The summed E-state index contributed by atoms with van der Waals surface area (Å²) in [5.74, 6) is 0. The van der Waals surface area contributed by atoms with Gasteiger partial charge in [0.1, 0.15) is 0 Å². The number of amides is 2. The number of carbonyl (C=O) groups is 1. The Morgan fingerprint density at radius 3 is 2.95 bits per heavy atom. The van der Waals surface area contributed by atoms with Crippen LogP contribution in [0.15, 0.2) is 41.8 Å². The average Bonchev–Trinajstić information content (AvgIpc) is 3.19. The third-order valence-corrected chi connectivity index (χ3v) is 4.38.